The van der Waals surface area contributed by atoms with Crippen molar-refractivity contribution in [3.05, 3.63) is 89.5 Å². The molecular weight excluding hydrogens is 538 g/mol. The lowest BCUT2D eigenvalue weighted by molar-refractivity contribution is -0.140. The monoisotopic (exact) mass is 579 g/mol. The Morgan fingerprint density at radius 1 is 0.927 bits per heavy atom. The molecule has 41 heavy (non-hydrogen) atoms. The van der Waals surface area contributed by atoms with Crippen molar-refractivity contribution >= 4 is 27.5 Å². The molecule has 0 saturated heterocycles. The van der Waals surface area contributed by atoms with Crippen LogP contribution in [0.5, 0.6) is 5.75 Å². The van der Waals surface area contributed by atoms with Gasteiger partial charge >= 0.3 is 0 Å². The molecule has 0 aromatic heterocycles. The lowest BCUT2D eigenvalue weighted by Gasteiger charge is -2.33. The SMILES string of the molecule is CC[C@H](C(=O)NCC(C)C)N(Cc1ccc(C)cc1)C(=O)CN(c1cc(C)ccc1OC)S(=O)(=O)c1ccccc1. The smallest absolute Gasteiger partial charge is 0.264 e. The van der Waals surface area contributed by atoms with Crippen LogP contribution in [0.1, 0.15) is 43.9 Å². The fraction of sp³-hybridized carbons (Fsp3) is 0.375. The first-order chi connectivity index (χ1) is 19.5. The van der Waals surface area contributed by atoms with Gasteiger partial charge in [0.25, 0.3) is 10.0 Å². The average Bonchev–Trinajstić information content (AvgIpc) is 2.95. The first-order valence-electron chi connectivity index (χ1n) is 13.8. The van der Waals surface area contributed by atoms with Crippen molar-refractivity contribution in [1.82, 2.24) is 10.2 Å². The van der Waals surface area contributed by atoms with Gasteiger partial charge in [-0.3, -0.25) is 13.9 Å². The zero-order chi connectivity index (χ0) is 30.2. The lowest BCUT2D eigenvalue weighted by atomic mass is 10.1. The molecule has 2 amide bonds. The van der Waals surface area contributed by atoms with E-state index in [0.29, 0.717) is 18.7 Å². The molecule has 1 atom stereocenters. The normalized spacial score (nSPS) is 12.1. The molecule has 0 aliphatic rings. The number of aryl methyl sites for hydroxylation is 2. The molecule has 3 rings (SSSR count). The Morgan fingerprint density at radius 2 is 1.56 bits per heavy atom. The quantitative estimate of drug-likeness (QED) is 0.305. The molecule has 0 saturated carbocycles. The molecule has 0 unspecified atom stereocenters. The maximum absolute atomic E-state index is 14.2. The number of carbonyl (C=O) groups excluding carboxylic acids is 2. The minimum Gasteiger partial charge on any atom is -0.495 e. The highest BCUT2D eigenvalue weighted by atomic mass is 32.2. The van der Waals surface area contributed by atoms with Crippen LogP contribution >= 0.6 is 0 Å². The molecule has 1 N–H and O–H groups in total. The van der Waals surface area contributed by atoms with Crippen LogP contribution in [0.2, 0.25) is 0 Å². The van der Waals surface area contributed by atoms with Crippen LogP contribution in [-0.2, 0) is 26.2 Å². The molecular formula is C32H41N3O5S. The van der Waals surface area contributed by atoms with Gasteiger partial charge in [0.1, 0.15) is 18.3 Å². The Kier molecular flexibility index (Phi) is 10.9. The molecule has 0 spiro atoms. The summed E-state index contributed by atoms with van der Waals surface area (Å²) in [5, 5.41) is 2.95. The number of nitrogens with one attached hydrogen (secondary N) is 1. The molecule has 0 heterocycles. The van der Waals surface area contributed by atoms with Crippen molar-refractivity contribution < 1.29 is 22.7 Å². The minimum absolute atomic E-state index is 0.0446. The largest absolute Gasteiger partial charge is 0.495 e. The summed E-state index contributed by atoms with van der Waals surface area (Å²) in [6, 6.07) is 20.1. The number of sulfonamides is 1. The number of anilines is 1. The van der Waals surface area contributed by atoms with Gasteiger partial charge in [0.05, 0.1) is 17.7 Å². The Hall–Kier alpha value is -3.85. The summed E-state index contributed by atoms with van der Waals surface area (Å²) >= 11 is 0. The Morgan fingerprint density at radius 3 is 2.15 bits per heavy atom. The van der Waals surface area contributed by atoms with Gasteiger partial charge in [0, 0.05) is 13.1 Å². The van der Waals surface area contributed by atoms with Gasteiger partial charge in [0.2, 0.25) is 11.8 Å². The predicted octanol–water partition coefficient (Wildman–Crippen LogP) is 5.09. The summed E-state index contributed by atoms with van der Waals surface area (Å²) in [5.74, 6) is -0.222. The molecule has 9 heteroatoms. The highest BCUT2D eigenvalue weighted by Gasteiger charge is 2.34. The van der Waals surface area contributed by atoms with Gasteiger partial charge in [-0.25, -0.2) is 8.42 Å². The van der Waals surface area contributed by atoms with E-state index in [2.05, 4.69) is 5.32 Å². The van der Waals surface area contributed by atoms with Gasteiger partial charge in [-0.05, 0) is 61.6 Å². The van der Waals surface area contributed by atoms with E-state index in [9.17, 15) is 18.0 Å². The first-order valence-corrected chi connectivity index (χ1v) is 15.3. The van der Waals surface area contributed by atoms with E-state index in [1.807, 2.05) is 65.0 Å². The summed E-state index contributed by atoms with van der Waals surface area (Å²) < 4.78 is 34.7. The molecule has 3 aromatic rings. The van der Waals surface area contributed by atoms with E-state index in [1.165, 1.54) is 24.1 Å². The first kappa shape index (κ1) is 31.7. The number of methoxy groups -OCH3 is 1. The number of rotatable bonds is 13. The van der Waals surface area contributed by atoms with E-state index >= 15 is 0 Å². The summed E-state index contributed by atoms with van der Waals surface area (Å²) in [5.41, 5.74) is 2.96. The van der Waals surface area contributed by atoms with Crippen molar-refractivity contribution in [1.29, 1.82) is 0 Å². The van der Waals surface area contributed by atoms with Crippen LogP contribution in [-0.4, -0.2) is 51.4 Å². The minimum atomic E-state index is -4.18. The number of hydrogen-bond acceptors (Lipinski definition) is 5. The summed E-state index contributed by atoms with van der Waals surface area (Å²) in [6.45, 7) is 9.76. The second-order valence-electron chi connectivity index (χ2n) is 10.6. The van der Waals surface area contributed by atoms with Gasteiger partial charge in [-0.2, -0.15) is 0 Å². The number of nitrogens with zero attached hydrogens (tertiary/aromatic N) is 2. The highest BCUT2D eigenvalue weighted by Crippen LogP contribution is 2.33. The van der Waals surface area contributed by atoms with Crippen LogP contribution in [0.15, 0.2) is 77.7 Å². The second kappa shape index (κ2) is 14.2. The number of amides is 2. The second-order valence-corrected chi connectivity index (χ2v) is 12.4. The van der Waals surface area contributed by atoms with Crippen LogP contribution in [0, 0.1) is 19.8 Å². The predicted molar refractivity (Wildman–Crippen MR) is 162 cm³/mol. The summed E-state index contributed by atoms with van der Waals surface area (Å²) in [6.07, 6.45) is 0.362. The number of hydrogen-bond donors (Lipinski definition) is 1. The van der Waals surface area contributed by atoms with E-state index in [4.69, 9.17) is 4.74 Å². The third kappa shape index (κ3) is 8.10. The van der Waals surface area contributed by atoms with Gasteiger partial charge in [-0.15, -0.1) is 0 Å². The number of carbonyl (C=O) groups is 2. The van der Waals surface area contributed by atoms with Crippen molar-refractivity contribution in [3.63, 3.8) is 0 Å². The fourth-order valence-electron chi connectivity index (χ4n) is 4.46. The van der Waals surface area contributed by atoms with Crippen LogP contribution in [0.4, 0.5) is 5.69 Å². The van der Waals surface area contributed by atoms with Crippen LogP contribution in [0.3, 0.4) is 0 Å². The third-order valence-electron chi connectivity index (χ3n) is 6.76. The summed E-state index contributed by atoms with van der Waals surface area (Å²) in [7, 11) is -2.72. The van der Waals surface area contributed by atoms with Crippen LogP contribution < -0.4 is 14.4 Å². The zero-order valence-corrected chi connectivity index (χ0v) is 25.6. The van der Waals surface area contributed by atoms with Crippen molar-refractivity contribution in [2.24, 2.45) is 5.92 Å². The summed E-state index contributed by atoms with van der Waals surface area (Å²) in [4.78, 5) is 29.1. The van der Waals surface area contributed by atoms with Crippen molar-refractivity contribution in [2.75, 3.05) is 24.5 Å². The molecule has 0 aliphatic carbocycles. The third-order valence-corrected chi connectivity index (χ3v) is 8.53. The number of benzene rings is 3. The topological polar surface area (TPSA) is 96.0 Å². The van der Waals surface area contributed by atoms with E-state index < -0.39 is 28.5 Å². The van der Waals surface area contributed by atoms with Crippen molar-refractivity contribution in [3.8, 4) is 5.75 Å². The Balaban J connectivity index is 2.10. The molecule has 0 fully saturated rings. The van der Waals surface area contributed by atoms with Crippen LogP contribution in [0.25, 0.3) is 0 Å². The molecule has 3 aromatic carbocycles. The molecule has 0 aliphatic heterocycles. The van der Waals surface area contributed by atoms with E-state index in [0.717, 1.165) is 21.0 Å². The number of ether oxygens (including phenoxy) is 1. The fourth-order valence-corrected chi connectivity index (χ4v) is 5.90. The van der Waals surface area contributed by atoms with Gasteiger partial charge < -0.3 is 15.0 Å². The van der Waals surface area contributed by atoms with Crippen molar-refractivity contribution in [2.45, 2.75) is 58.5 Å². The zero-order valence-electron chi connectivity index (χ0n) is 24.8. The molecule has 8 nitrogen and oxygen atoms in total. The van der Waals surface area contributed by atoms with E-state index in [1.54, 1.807) is 30.3 Å². The van der Waals surface area contributed by atoms with Gasteiger partial charge in [0.15, 0.2) is 0 Å². The molecule has 0 bridgehead atoms. The van der Waals surface area contributed by atoms with E-state index in [-0.39, 0.29) is 29.0 Å². The standard InChI is InChI=1S/C32H41N3O5S/c1-7-28(32(37)33-20-23(2)3)34(21-26-16-13-24(4)14-17-26)31(36)22-35(29-19-25(5)15-18-30(29)40-6)41(38,39)27-11-9-8-10-12-27/h8-19,23,28H,7,20-22H2,1-6H3,(H,33,37)/t28-/m1/s1. The maximum Gasteiger partial charge on any atom is 0.264 e. The maximum atomic E-state index is 14.2. The molecule has 220 valence electrons. The average molecular weight is 580 g/mol. The van der Waals surface area contributed by atoms with Gasteiger partial charge in [-0.1, -0.05) is 74.9 Å². The highest BCUT2D eigenvalue weighted by molar-refractivity contribution is 7.92. The Labute approximate surface area is 244 Å². The molecule has 0 radical (unpaired) electrons. The Bertz CT molecular complexity index is 1420. The lowest BCUT2D eigenvalue weighted by Crippen LogP contribution is -2.52.